The molecule has 0 saturated carbocycles. The number of carbonyl (C=O) groups excluding carboxylic acids is 1. The van der Waals surface area contributed by atoms with Crippen molar-refractivity contribution in [1.82, 2.24) is 19.7 Å². The lowest BCUT2D eigenvalue weighted by Crippen LogP contribution is -2.49. The van der Waals surface area contributed by atoms with E-state index < -0.39 is 11.5 Å². The van der Waals surface area contributed by atoms with Gasteiger partial charge >= 0.3 is 0 Å². The third-order valence-electron chi connectivity index (χ3n) is 5.79. The summed E-state index contributed by atoms with van der Waals surface area (Å²) in [7, 11) is 1.55. The van der Waals surface area contributed by atoms with Crippen LogP contribution >= 0.6 is 11.3 Å². The van der Waals surface area contributed by atoms with Gasteiger partial charge in [0.05, 0.1) is 23.2 Å². The molecule has 9 nitrogen and oxygen atoms in total. The first-order valence-electron chi connectivity index (χ1n) is 10.6. The van der Waals surface area contributed by atoms with Crippen molar-refractivity contribution < 1.29 is 13.9 Å². The van der Waals surface area contributed by atoms with E-state index in [0.717, 1.165) is 0 Å². The molecule has 1 saturated heterocycles. The molecule has 11 heteroatoms. The molecule has 3 aromatic heterocycles. The van der Waals surface area contributed by atoms with Crippen LogP contribution in [0.5, 0.6) is 5.75 Å². The van der Waals surface area contributed by atoms with Gasteiger partial charge < -0.3 is 20.3 Å². The Kier molecular flexibility index (Phi) is 5.62. The van der Waals surface area contributed by atoms with E-state index in [-0.39, 0.29) is 17.0 Å². The van der Waals surface area contributed by atoms with Crippen molar-refractivity contribution >= 4 is 38.8 Å². The Bertz CT molecular complexity index is 1430. The number of halogens is 1. The monoisotopic (exact) mass is 479 g/mol. The van der Waals surface area contributed by atoms with Crippen molar-refractivity contribution in [3.63, 3.8) is 0 Å². The van der Waals surface area contributed by atoms with Gasteiger partial charge in [-0.15, -0.1) is 11.3 Å². The minimum atomic E-state index is -0.543. The van der Waals surface area contributed by atoms with Crippen LogP contribution in [0.25, 0.3) is 16.5 Å². The summed E-state index contributed by atoms with van der Waals surface area (Å²) in [6, 6.07) is 11.5. The normalized spacial score (nSPS) is 13.9. The number of pyridine rings is 1. The number of fused-ring (bicyclic) bond motifs is 1. The van der Waals surface area contributed by atoms with Crippen molar-refractivity contribution in [3.8, 4) is 11.4 Å². The van der Waals surface area contributed by atoms with E-state index in [1.165, 1.54) is 22.1 Å². The van der Waals surface area contributed by atoms with Crippen LogP contribution in [0, 0.1) is 5.95 Å². The zero-order valence-corrected chi connectivity index (χ0v) is 19.1. The fourth-order valence-electron chi connectivity index (χ4n) is 3.99. The van der Waals surface area contributed by atoms with Crippen LogP contribution < -0.4 is 20.9 Å². The third-order valence-corrected chi connectivity index (χ3v) is 6.60. The average Bonchev–Trinajstić information content (AvgIpc) is 3.26. The molecule has 0 radical (unpaired) electrons. The summed E-state index contributed by atoms with van der Waals surface area (Å²) in [5.41, 5.74) is 6.37. The molecule has 1 aliphatic rings. The highest BCUT2D eigenvalue weighted by molar-refractivity contribution is 7.15. The van der Waals surface area contributed by atoms with Gasteiger partial charge in [-0.3, -0.25) is 9.59 Å². The van der Waals surface area contributed by atoms with Crippen LogP contribution in [0.1, 0.15) is 10.5 Å². The van der Waals surface area contributed by atoms with Crippen molar-refractivity contribution in [2.75, 3.05) is 43.9 Å². The fraction of sp³-hybridized carbons (Fsp3) is 0.217. The number of carbonyl (C=O) groups is 1. The van der Waals surface area contributed by atoms with Gasteiger partial charge in [0, 0.05) is 36.9 Å². The lowest BCUT2D eigenvalue weighted by molar-refractivity contribution is 0.0741. The molecule has 0 atom stereocenters. The summed E-state index contributed by atoms with van der Waals surface area (Å²) in [5.74, 6) is 0.330. The highest BCUT2D eigenvalue weighted by Crippen LogP contribution is 2.28. The second-order valence-corrected chi connectivity index (χ2v) is 8.66. The van der Waals surface area contributed by atoms with Crippen molar-refractivity contribution in [2.45, 2.75) is 0 Å². The average molecular weight is 480 g/mol. The lowest BCUT2D eigenvalue weighted by atomic mass is 10.2. The number of rotatable bonds is 4. The number of hydrogen-bond acceptors (Lipinski definition) is 8. The SMILES string of the molecule is COc1ccc(-n2nc(C(=O)N3CCN(c4cccc([18F])n4)CC3)c3csc(N)c3c2=O)cc1. The molecule has 1 fully saturated rings. The number of ether oxygens (including phenoxy) is 1. The smallest absolute Gasteiger partial charge is 0.282 e. The summed E-state index contributed by atoms with van der Waals surface area (Å²) in [6.45, 7) is 1.80. The molecule has 5 rings (SSSR count). The molecule has 174 valence electrons. The van der Waals surface area contributed by atoms with Crippen molar-refractivity contribution in [1.29, 1.82) is 0 Å². The number of benzene rings is 1. The molecule has 0 spiro atoms. The molecule has 0 unspecified atom stereocenters. The largest absolute Gasteiger partial charge is 0.497 e. The van der Waals surface area contributed by atoms with E-state index in [1.54, 1.807) is 53.8 Å². The number of nitrogens with two attached hydrogens (primary N) is 1. The fourth-order valence-corrected chi connectivity index (χ4v) is 4.78. The maximum atomic E-state index is 13.5. The number of aromatic nitrogens is 3. The van der Waals surface area contributed by atoms with E-state index in [0.29, 0.717) is 53.8 Å². The molecule has 1 aliphatic heterocycles. The minimum Gasteiger partial charge on any atom is -0.497 e. The molecule has 1 aromatic carbocycles. The summed E-state index contributed by atoms with van der Waals surface area (Å²) >= 11 is 1.20. The molecule has 0 bridgehead atoms. The van der Waals surface area contributed by atoms with Crippen molar-refractivity contribution in [2.24, 2.45) is 0 Å². The Morgan fingerprint density at radius 3 is 2.53 bits per heavy atom. The summed E-state index contributed by atoms with van der Waals surface area (Å²) in [6.07, 6.45) is 0. The number of nitrogens with zero attached hydrogens (tertiary/aromatic N) is 5. The molecule has 34 heavy (non-hydrogen) atoms. The molecule has 0 aliphatic carbocycles. The van der Waals surface area contributed by atoms with E-state index in [4.69, 9.17) is 10.5 Å². The van der Waals surface area contributed by atoms with E-state index in [9.17, 15) is 14.0 Å². The number of methoxy groups -OCH3 is 1. The number of piperazine rings is 1. The van der Waals surface area contributed by atoms with Gasteiger partial charge in [0.2, 0.25) is 5.95 Å². The first-order chi connectivity index (χ1) is 16.5. The quantitative estimate of drug-likeness (QED) is 0.448. The van der Waals surface area contributed by atoms with Crippen LogP contribution in [-0.2, 0) is 0 Å². The summed E-state index contributed by atoms with van der Waals surface area (Å²) < 4.78 is 19.9. The minimum absolute atomic E-state index is 0.163. The maximum Gasteiger partial charge on any atom is 0.282 e. The Morgan fingerprint density at radius 1 is 1.12 bits per heavy atom. The summed E-state index contributed by atoms with van der Waals surface area (Å²) in [4.78, 5) is 34.2. The number of hydrogen-bond donors (Lipinski definition) is 1. The van der Waals surface area contributed by atoms with Gasteiger partial charge in [0.1, 0.15) is 11.6 Å². The first kappa shape index (κ1) is 21.8. The lowest BCUT2D eigenvalue weighted by Gasteiger charge is -2.35. The third kappa shape index (κ3) is 3.83. The Balaban J connectivity index is 1.48. The van der Waals surface area contributed by atoms with Crippen LogP contribution in [0.4, 0.5) is 15.2 Å². The van der Waals surface area contributed by atoms with E-state index in [1.807, 2.05) is 4.90 Å². The van der Waals surface area contributed by atoms with Gasteiger partial charge in [-0.2, -0.15) is 14.2 Å². The number of amides is 1. The Morgan fingerprint density at radius 2 is 1.85 bits per heavy atom. The van der Waals surface area contributed by atoms with Gasteiger partial charge in [-0.05, 0) is 36.4 Å². The van der Waals surface area contributed by atoms with Crippen molar-refractivity contribution in [3.05, 3.63) is 69.8 Å². The van der Waals surface area contributed by atoms with Crippen LogP contribution in [0.15, 0.2) is 52.6 Å². The molecular weight excluding hydrogens is 458 g/mol. The molecule has 4 heterocycles. The van der Waals surface area contributed by atoms with E-state index >= 15 is 0 Å². The van der Waals surface area contributed by atoms with Crippen LogP contribution in [-0.4, -0.2) is 58.9 Å². The zero-order valence-electron chi connectivity index (χ0n) is 18.3. The van der Waals surface area contributed by atoms with Gasteiger partial charge in [-0.25, -0.2) is 4.98 Å². The molecular formula is C23H21FN6O3S. The number of anilines is 2. The van der Waals surface area contributed by atoms with Crippen LogP contribution in [0.3, 0.4) is 0 Å². The second kappa shape index (κ2) is 8.75. The van der Waals surface area contributed by atoms with E-state index in [2.05, 4.69) is 10.1 Å². The highest BCUT2D eigenvalue weighted by atomic mass is 32.1. The summed E-state index contributed by atoms with van der Waals surface area (Å²) in [5, 5.41) is 7.20. The van der Waals surface area contributed by atoms with Gasteiger partial charge in [0.25, 0.3) is 11.5 Å². The predicted octanol–water partition coefficient (Wildman–Crippen LogP) is 2.53. The molecule has 1 amide bonds. The van der Waals surface area contributed by atoms with Crippen LogP contribution in [0.2, 0.25) is 0 Å². The number of nitrogen functional groups attached to an aromatic ring is 1. The predicted molar refractivity (Wildman–Crippen MR) is 128 cm³/mol. The first-order valence-corrected chi connectivity index (χ1v) is 11.5. The topological polar surface area (TPSA) is 107 Å². The Hall–Kier alpha value is -3.99. The molecule has 2 N–H and O–H groups in total. The maximum absolute atomic E-state index is 13.5. The Labute approximate surface area is 197 Å². The van der Waals surface area contributed by atoms with Gasteiger partial charge in [-0.1, -0.05) is 6.07 Å². The number of thiophene rings is 1. The van der Waals surface area contributed by atoms with Gasteiger partial charge in [0.15, 0.2) is 5.69 Å². The highest BCUT2D eigenvalue weighted by Gasteiger charge is 2.28. The standard InChI is InChI=1S/C23H21FN6O3S/c1-33-15-7-5-14(6-8-15)30-22(31)19-16(13-34-21(19)25)20(27-30)23(32)29-11-9-28(10-12-29)18-4-2-3-17(24)26-18/h2-8,13H,9-12,25H2,1H3/i24-1. The molecule has 4 aromatic rings. The second-order valence-electron chi connectivity index (χ2n) is 7.75. The zero-order chi connectivity index (χ0) is 23.8.